The Morgan fingerprint density at radius 2 is 2.03 bits per heavy atom. The molecule has 0 radical (unpaired) electrons. The lowest BCUT2D eigenvalue weighted by molar-refractivity contribution is -0.126. The summed E-state index contributed by atoms with van der Waals surface area (Å²) >= 11 is 6.18. The van der Waals surface area contributed by atoms with Crippen molar-refractivity contribution in [2.24, 2.45) is 5.92 Å². The summed E-state index contributed by atoms with van der Waals surface area (Å²) in [4.78, 5) is 19.2. The maximum atomic E-state index is 14.1. The highest BCUT2D eigenvalue weighted by molar-refractivity contribution is 6.31. The van der Waals surface area contributed by atoms with Crippen molar-refractivity contribution in [3.05, 3.63) is 88.2 Å². The van der Waals surface area contributed by atoms with Crippen LogP contribution in [0.25, 0.3) is 0 Å². The summed E-state index contributed by atoms with van der Waals surface area (Å²) in [5.41, 5.74) is 2.74. The fourth-order valence-electron chi connectivity index (χ4n) is 4.26. The zero-order valence-corrected chi connectivity index (χ0v) is 19.0. The maximum absolute atomic E-state index is 14.1. The number of aryl methyl sites for hydroxylation is 1. The molecule has 1 saturated heterocycles. The van der Waals surface area contributed by atoms with Crippen LogP contribution in [-0.2, 0) is 24.4 Å². The van der Waals surface area contributed by atoms with Crippen molar-refractivity contribution in [3.63, 3.8) is 0 Å². The molecule has 0 aliphatic carbocycles. The van der Waals surface area contributed by atoms with Gasteiger partial charge in [-0.2, -0.15) is 0 Å². The second-order valence-electron chi connectivity index (χ2n) is 8.41. The van der Waals surface area contributed by atoms with Crippen LogP contribution in [0.4, 0.5) is 4.39 Å². The van der Waals surface area contributed by atoms with E-state index in [4.69, 9.17) is 11.6 Å². The highest BCUT2D eigenvalue weighted by Crippen LogP contribution is 2.24. The minimum atomic E-state index is -0.296. The first-order chi connectivity index (χ1) is 15.5. The molecule has 32 heavy (non-hydrogen) atoms. The third-order valence-corrected chi connectivity index (χ3v) is 6.41. The molecule has 5 nitrogen and oxygen atoms in total. The van der Waals surface area contributed by atoms with Crippen LogP contribution in [0, 0.1) is 18.7 Å². The largest absolute Gasteiger partial charge is 0.352 e. The van der Waals surface area contributed by atoms with Crippen molar-refractivity contribution in [2.45, 2.75) is 39.4 Å². The van der Waals surface area contributed by atoms with Crippen LogP contribution in [-0.4, -0.2) is 33.4 Å². The van der Waals surface area contributed by atoms with E-state index in [1.165, 1.54) is 11.6 Å². The van der Waals surface area contributed by atoms with Gasteiger partial charge >= 0.3 is 0 Å². The first kappa shape index (κ1) is 22.5. The number of halogens is 2. The molecule has 1 atom stereocenters. The summed E-state index contributed by atoms with van der Waals surface area (Å²) in [6, 6.07) is 13.0. The SMILES string of the molecule is Cc1nccn1Cc1cccc(CNC(=O)C2CCCN(Cc3c(F)cccc3Cl)C2)c1. The number of aromatic nitrogens is 2. The van der Waals surface area contributed by atoms with Gasteiger partial charge in [-0.1, -0.05) is 41.9 Å². The Kier molecular flexibility index (Phi) is 7.22. The Bertz CT molecular complexity index is 1060. The molecule has 7 heteroatoms. The molecular formula is C25H28ClFN4O. The zero-order chi connectivity index (χ0) is 22.5. The second kappa shape index (κ2) is 10.3. The van der Waals surface area contributed by atoms with Gasteiger partial charge in [0, 0.05) is 49.2 Å². The molecule has 0 bridgehead atoms. The van der Waals surface area contributed by atoms with E-state index in [1.54, 1.807) is 18.3 Å². The number of amides is 1. The van der Waals surface area contributed by atoms with E-state index in [0.717, 1.165) is 37.3 Å². The smallest absolute Gasteiger partial charge is 0.224 e. The Hall–Kier alpha value is -2.70. The van der Waals surface area contributed by atoms with Crippen LogP contribution in [0.5, 0.6) is 0 Å². The first-order valence-corrected chi connectivity index (χ1v) is 11.4. The number of hydrogen-bond donors (Lipinski definition) is 1. The van der Waals surface area contributed by atoms with Crippen LogP contribution in [0.1, 0.15) is 35.4 Å². The molecule has 4 rings (SSSR count). The molecule has 3 aromatic rings. The van der Waals surface area contributed by atoms with E-state index in [0.29, 0.717) is 30.2 Å². The normalized spacial score (nSPS) is 16.8. The van der Waals surface area contributed by atoms with E-state index >= 15 is 0 Å². The lowest BCUT2D eigenvalue weighted by atomic mass is 9.96. The van der Waals surface area contributed by atoms with Crippen LogP contribution < -0.4 is 5.32 Å². The minimum absolute atomic E-state index is 0.0465. The summed E-state index contributed by atoms with van der Waals surface area (Å²) in [7, 11) is 0. The van der Waals surface area contributed by atoms with Gasteiger partial charge in [0.05, 0.1) is 5.92 Å². The number of piperidine rings is 1. The minimum Gasteiger partial charge on any atom is -0.352 e. The zero-order valence-electron chi connectivity index (χ0n) is 18.2. The lowest BCUT2D eigenvalue weighted by Crippen LogP contribution is -2.42. The van der Waals surface area contributed by atoms with Crippen molar-refractivity contribution >= 4 is 17.5 Å². The lowest BCUT2D eigenvalue weighted by Gasteiger charge is -2.32. The van der Waals surface area contributed by atoms with E-state index < -0.39 is 0 Å². The molecule has 1 aliphatic rings. The van der Waals surface area contributed by atoms with Crippen LogP contribution in [0.2, 0.25) is 5.02 Å². The van der Waals surface area contributed by atoms with Gasteiger partial charge in [0.25, 0.3) is 0 Å². The standard InChI is InChI=1S/C25H28ClFN4O/c1-18-28-10-12-31(18)15-20-6-2-5-19(13-20)14-29-25(32)21-7-4-11-30(16-21)17-22-23(26)8-3-9-24(22)27/h2-3,5-6,8-10,12-13,21H,4,7,11,14-17H2,1H3,(H,29,32). The van der Waals surface area contributed by atoms with Crippen molar-refractivity contribution in [1.29, 1.82) is 0 Å². The molecular weight excluding hydrogens is 427 g/mol. The molecule has 0 saturated carbocycles. The average Bonchev–Trinajstić information content (AvgIpc) is 3.19. The van der Waals surface area contributed by atoms with Gasteiger partial charge in [-0.3, -0.25) is 9.69 Å². The highest BCUT2D eigenvalue weighted by Gasteiger charge is 2.26. The summed E-state index contributed by atoms with van der Waals surface area (Å²) in [6.45, 7) is 5.10. The van der Waals surface area contributed by atoms with Gasteiger partial charge in [-0.05, 0) is 49.6 Å². The number of carbonyl (C=O) groups is 1. The molecule has 1 aliphatic heterocycles. The fourth-order valence-corrected chi connectivity index (χ4v) is 4.48. The maximum Gasteiger partial charge on any atom is 0.224 e. The highest BCUT2D eigenvalue weighted by atomic mass is 35.5. The van der Waals surface area contributed by atoms with Crippen molar-refractivity contribution < 1.29 is 9.18 Å². The first-order valence-electron chi connectivity index (χ1n) is 11.0. The van der Waals surface area contributed by atoms with Crippen LogP contribution >= 0.6 is 11.6 Å². The van der Waals surface area contributed by atoms with Crippen LogP contribution in [0.15, 0.2) is 54.9 Å². The van der Waals surface area contributed by atoms with Crippen molar-refractivity contribution in [1.82, 2.24) is 19.8 Å². The summed E-state index contributed by atoms with van der Waals surface area (Å²) in [5.74, 6) is 0.619. The van der Waals surface area contributed by atoms with Gasteiger partial charge in [0.15, 0.2) is 0 Å². The molecule has 1 unspecified atom stereocenters. The van der Waals surface area contributed by atoms with E-state index in [-0.39, 0.29) is 17.6 Å². The van der Waals surface area contributed by atoms with Gasteiger partial charge in [0.2, 0.25) is 5.91 Å². The monoisotopic (exact) mass is 454 g/mol. The predicted molar refractivity (Wildman–Crippen MR) is 124 cm³/mol. The number of likely N-dealkylation sites (tertiary alicyclic amines) is 1. The molecule has 168 valence electrons. The van der Waals surface area contributed by atoms with E-state index in [9.17, 15) is 9.18 Å². The Morgan fingerprint density at radius 3 is 2.81 bits per heavy atom. The van der Waals surface area contributed by atoms with Crippen molar-refractivity contribution in [3.8, 4) is 0 Å². The number of hydrogen-bond acceptors (Lipinski definition) is 3. The third kappa shape index (κ3) is 5.56. The molecule has 1 aromatic heterocycles. The Morgan fingerprint density at radius 1 is 1.22 bits per heavy atom. The van der Waals surface area contributed by atoms with Gasteiger partial charge in [0.1, 0.15) is 11.6 Å². The number of carbonyl (C=O) groups excluding carboxylic acids is 1. The van der Waals surface area contributed by atoms with E-state index in [2.05, 4.69) is 31.9 Å². The molecule has 1 amide bonds. The summed E-state index contributed by atoms with van der Waals surface area (Å²) in [5, 5.41) is 3.52. The van der Waals surface area contributed by atoms with Gasteiger partial charge in [-0.25, -0.2) is 9.37 Å². The fraction of sp³-hybridized carbons (Fsp3) is 0.360. The Balaban J connectivity index is 1.32. The number of benzene rings is 2. The molecule has 0 spiro atoms. The van der Waals surface area contributed by atoms with Gasteiger partial charge in [-0.15, -0.1) is 0 Å². The average molecular weight is 455 g/mol. The van der Waals surface area contributed by atoms with E-state index in [1.807, 2.05) is 25.3 Å². The summed E-state index contributed by atoms with van der Waals surface area (Å²) in [6.07, 6.45) is 5.51. The number of nitrogens with one attached hydrogen (secondary N) is 1. The number of imidazole rings is 1. The summed E-state index contributed by atoms with van der Waals surface area (Å²) < 4.78 is 16.2. The van der Waals surface area contributed by atoms with Crippen LogP contribution in [0.3, 0.4) is 0 Å². The second-order valence-corrected chi connectivity index (χ2v) is 8.82. The molecule has 2 heterocycles. The predicted octanol–water partition coefficient (Wildman–Crippen LogP) is 4.56. The topological polar surface area (TPSA) is 50.2 Å². The van der Waals surface area contributed by atoms with Gasteiger partial charge < -0.3 is 9.88 Å². The quantitative estimate of drug-likeness (QED) is 0.569. The molecule has 2 aromatic carbocycles. The molecule has 1 fully saturated rings. The number of rotatable bonds is 7. The third-order valence-electron chi connectivity index (χ3n) is 6.05. The number of nitrogens with zero attached hydrogens (tertiary/aromatic N) is 3. The Labute approximate surface area is 193 Å². The van der Waals surface area contributed by atoms with Crippen molar-refractivity contribution in [2.75, 3.05) is 13.1 Å². The molecule has 1 N–H and O–H groups in total.